The van der Waals surface area contributed by atoms with E-state index in [1.807, 2.05) is 44.3 Å². The van der Waals surface area contributed by atoms with Crippen LogP contribution in [0, 0.1) is 6.92 Å². The van der Waals surface area contributed by atoms with E-state index in [-0.39, 0.29) is 0 Å². The molecule has 0 amide bonds. The van der Waals surface area contributed by atoms with Crippen LogP contribution in [0.1, 0.15) is 11.1 Å². The van der Waals surface area contributed by atoms with Gasteiger partial charge in [-0.3, -0.25) is 0 Å². The molecule has 0 bridgehead atoms. The number of para-hydroxylation sites is 1. The van der Waals surface area contributed by atoms with E-state index >= 15 is 0 Å². The van der Waals surface area contributed by atoms with Gasteiger partial charge in [0.25, 0.3) is 0 Å². The summed E-state index contributed by atoms with van der Waals surface area (Å²) in [5.41, 5.74) is 2.22. The lowest BCUT2D eigenvalue weighted by Gasteiger charge is -2.10. The highest BCUT2D eigenvalue weighted by atomic mass is 79.9. The quantitative estimate of drug-likeness (QED) is 0.936. The van der Waals surface area contributed by atoms with Crippen molar-refractivity contribution in [1.29, 1.82) is 0 Å². The van der Waals surface area contributed by atoms with Crippen LogP contribution in [0.5, 0.6) is 11.6 Å². The minimum Gasteiger partial charge on any atom is -0.439 e. The number of ether oxygens (including phenoxy) is 1. The molecule has 1 aromatic carbocycles. The van der Waals surface area contributed by atoms with Crippen LogP contribution in [0.2, 0.25) is 0 Å². The van der Waals surface area contributed by atoms with Gasteiger partial charge in [-0.15, -0.1) is 0 Å². The first-order valence-corrected chi connectivity index (χ1v) is 6.52. The van der Waals surface area contributed by atoms with Gasteiger partial charge in [0.2, 0.25) is 5.88 Å². The van der Waals surface area contributed by atoms with Gasteiger partial charge in [-0.2, -0.15) is 0 Å². The second-order valence-corrected chi connectivity index (χ2v) is 4.87. The largest absolute Gasteiger partial charge is 0.439 e. The van der Waals surface area contributed by atoms with Crippen LogP contribution in [0.15, 0.2) is 41.0 Å². The van der Waals surface area contributed by atoms with E-state index in [1.165, 1.54) is 0 Å². The van der Waals surface area contributed by atoms with E-state index < -0.39 is 0 Å². The molecule has 0 saturated carbocycles. The van der Waals surface area contributed by atoms with Crippen molar-refractivity contribution in [2.75, 3.05) is 7.05 Å². The summed E-state index contributed by atoms with van der Waals surface area (Å²) >= 11 is 3.43. The normalized spacial score (nSPS) is 10.4. The SMILES string of the molecule is CNCc1ccccc1Oc1cc(C)c(Br)cn1. The van der Waals surface area contributed by atoms with Gasteiger partial charge in [0.05, 0.1) is 0 Å². The zero-order valence-electron chi connectivity index (χ0n) is 10.4. The fourth-order valence-electron chi connectivity index (χ4n) is 1.62. The van der Waals surface area contributed by atoms with Crippen molar-refractivity contribution >= 4 is 15.9 Å². The highest BCUT2D eigenvalue weighted by Crippen LogP contribution is 2.26. The minimum atomic E-state index is 0.610. The molecule has 2 rings (SSSR count). The Kier molecular flexibility index (Phi) is 4.33. The fraction of sp³-hybridized carbons (Fsp3) is 0.214. The van der Waals surface area contributed by atoms with Gasteiger partial charge in [0.1, 0.15) is 5.75 Å². The molecule has 1 N–H and O–H groups in total. The van der Waals surface area contributed by atoms with Crippen LogP contribution in [0.4, 0.5) is 0 Å². The van der Waals surface area contributed by atoms with Gasteiger partial charge >= 0.3 is 0 Å². The molecule has 4 heteroatoms. The first-order valence-electron chi connectivity index (χ1n) is 5.73. The number of hydrogen-bond acceptors (Lipinski definition) is 3. The van der Waals surface area contributed by atoms with E-state index in [1.54, 1.807) is 6.20 Å². The number of aromatic nitrogens is 1. The Labute approximate surface area is 115 Å². The van der Waals surface area contributed by atoms with Crippen LogP contribution in [-0.4, -0.2) is 12.0 Å². The predicted molar refractivity (Wildman–Crippen MR) is 76.0 cm³/mol. The number of aryl methyl sites for hydroxylation is 1. The van der Waals surface area contributed by atoms with Crippen LogP contribution < -0.4 is 10.1 Å². The minimum absolute atomic E-state index is 0.610. The highest BCUT2D eigenvalue weighted by Gasteiger charge is 2.05. The standard InChI is InChI=1S/C14H15BrN2O/c1-10-7-14(17-9-12(10)15)18-13-6-4-3-5-11(13)8-16-2/h3-7,9,16H,8H2,1-2H3. The van der Waals surface area contributed by atoms with Crippen molar-refractivity contribution in [3.8, 4) is 11.6 Å². The van der Waals surface area contributed by atoms with Crippen molar-refractivity contribution in [1.82, 2.24) is 10.3 Å². The summed E-state index contributed by atoms with van der Waals surface area (Å²) in [6.07, 6.45) is 1.76. The molecule has 1 heterocycles. The lowest BCUT2D eigenvalue weighted by atomic mass is 10.2. The molecule has 0 aliphatic carbocycles. The third-order valence-electron chi connectivity index (χ3n) is 2.58. The van der Waals surface area contributed by atoms with E-state index in [0.29, 0.717) is 5.88 Å². The average Bonchev–Trinajstić information content (AvgIpc) is 2.37. The van der Waals surface area contributed by atoms with Crippen LogP contribution in [0.25, 0.3) is 0 Å². The summed E-state index contributed by atoms with van der Waals surface area (Å²) in [5.74, 6) is 1.44. The number of pyridine rings is 1. The predicted octanol–water partition coefficient (Wildman–Crippen LogP) is 3.66. The summed E-state index contributed by atoms with van der Waals surface area (Å²) in [5, 5.41) is 3.12. The zero-order chi connectivity index (χ0) is 13.0. The Balaban J connectivity index is 2.25. The Morgan fingerprint density at radius 2 is 2.11 bits per heavy atom. The summed E-state index contributed by atoms with van der Waals surface area (Å²) in [6, 6.07) is 9.86. The lowest BCUT2D eigenvalue weighted by Crippen LogP contribution is -2.06. The Morgan fingerprint density at radius 3 is 2.83 bits per heavy atom. The molecule has 0 spiro atoms. The molecular formula is C14H15BrN2O. The summed E-state index contributed by atoms with van der Waals surface area (Å²) in [7, 11) is 1.92. The molecule has 2 aromatic rings. The first-order chi connectivity index (χ1) is 8.70. The monoisotopic (exact) mass is 306 g/mol. The number of nitrogens with one attached hydrogen (secondary N) is 1. The van der Waals surface area contributed by atoms with Crippen molar-refractivity contribution in [2.24, 2.45) is 0 Å². The maximum absolute atomic E-state index is 5.83. The van der Waals surface area contributed by atoms with Crippen molar-refractivity contribution < 1.29 is 4.74 Å². The molecule has 0 saturated heterocycles. The van der Waals surface area contributed by atoms with Crippen LogP contribution >= 0.6 is 15.9 Å². The zero-order valence-corrected chi connectivity index (χ0v) is 12.0. The number of rotatable bonds is 4. The van der Waals surface area contributed by atoms with Crippen molar-refractivity contribution in [2.45, 2.75) is 13.5 Å². The number of halogens is 1. The number of nitrogens with zero attached hydrogens (tertiary/aromatic N) is 1. The summed E-state index contributed by atoms with van der Waals surface area (Å²) in [6.45, 7) is 2.78. The van der Waals surface area contributed by atoms with Gasteiger partial charge in [-0.25, -0.2) is 4.98 Å². The molecule has 0 aliphatic heterocycles. The van der Waals surface area contributed by atoms with Gasteiger partial charge < -0.3 is 10.1 Å². The highest BCUT2D eigenvalue weighted by molar-refractivity contribution is 9.10. The van der Waals surface area contributed by atoms with Gasteiger partial charge in [0, 0.05) is 28.8 Å². The first kappa shape index (κ1) is 13.1. The van der Waals surface area contributed by atoms with Crippen LogP contribution in [-0.2, 0) is 6.54 Å². The van der Waals surface area contributed by atoms with Crippen molar-refractivity contribution in [3.05, 3.63) is 52.1 Å². The Bertz CT molecular complexity index is 543. The molecule has 0 fully saturated rings. The van der Waals surface area contributed by atoms with Crippen molar-refractivity contribution in [3.63, 3.8) is 0 Å². The molecule has 0 aliphatic rings. The molecule has 0 radical (unpaired) electrons. The maximum atomic E-state index is 5.83. The molecule has 0 unspecified atom stereocenters. The number of benzene rings is 1. The summed E-state index contributed by atoms with van der Waals surface area (Å²) in [4.78, 5) is 4.25. The molecular weight excluding hydrogens is 292 g/mol. The van der Waals surface area contributed by atoms with Crippen LogP contribution in [0.3, 0.4) is 0 Å². The molecule has 3 nitrogen and oxygen atoms in total. The molecule has 0 atom stereocenters. The average molecular weight is 307 g/mol. The van der Waals surface area contributed by atoms with Gasteiger partial charge in [0.15, 0.2) is 0 Å². The molecule has 1 aromatic heterocycles. The second-order valence-electron chi connectivity index (χ2n) is 4.01. The summed E-state index contributed by atoms with van der Waals surface area (Å²) < 4.78 is 6.81. The smallest absolute Gasteiger partial charge is 0.219 e. The van der Waals surface area contributed by atoms with E-state index in [4.69, 9.17) is 4.74 Å². The molecule has 18 heavy (non-hydrogen) atoms. The maximum Gasteiger partial charge on any atom is 0.219 e. The van der Waals surface area contributed by atoms with Gasteiger partial charge in [-0.1, -0.05) is 18.2 Å². The number of hydrogen-bond donors (Lipinski definition) is 1. The Morgan fingerprint density at radius 1 is 1.33 bits per heavy atom. The third-order valence-corrected chi connectivity index (χ3v) is 3.41. The molecule has 94 valence electrons. The Hall–Kier alpha value is -1.39. The topological polar surface area (TPSA) is 34.1 Å². The van der Waals surface area contributed by atoms with Gasteiger partial charge in [-0.05, 0) is 41.5 Å². The van der Waals surface area contributed by atoms with E-state index in [0.717, 1.165) is 27.9 Å². The van der Waals surface area contributed by atoms with E-state index in [9.17, 15) is 0 Å². The fourth-order valence-corrected chi connectivity index (χ4v) is 1.84. The second kappa shape index (κ2) is 5.98. The third kappa shape index (κ3) is 3.09. The lowest BCUT2D eigenvalue weighted by molar-refractivity contribution is 0.455. The van der Waals surface area contributed by atoms with E-state index in [2.05, 4.69) is 26.2 Å².